The third kappa shape index (κ3) is 3.83. The first kappa shape index (κ1) is 15.8. The van der Waals surface area contributed by atoms with Crippen LogP contribution in [0.1, 0.15) is 12.0 Å². The van der Waals surface area contributed by atoms with Gasteiger partial charge in [0.1, 0.15) is 0 Å². The molecule has 5 nitrogen and oxygen atoms in total. The average Bonchev–Trinajstić information content (AvgIpc) is 2.62. The summed E-state index contributed by atoms with van der Waals surface area (Å²) in [6.07, 6.45) is 3.27. The molecule has 0 saturated heterocycles. The maximum absolute atomic E-state index is 5.22. The molecule has 1 aromatic carbocycles. The van der Waals surface area contributed by atoms with E-state index in [1.165, 1.54) is 22.9 Å². The van der Waals surface area contributed by atoms with Crippen molar-refractivity contribution in [2.24, 2.45) is 0 Å². The van der Waals surface area contributed by atoms with Crippen LogP contribution in [-0.2, 0) is 0 Å². The van der Waals surface area contributed by atoms with Gasteiger partial charge in [-0.1, -0.05) is 24.3 Å². The van der Waals surface area contributed by atoms with E-state index in [1.54, 1.807) is 20.3 Å². The standard InChI is InChI=1S/C17H19N3O2S/c1-21-15-11-16(22-2)20-17(19-15)23-14-6-4-3-5-13(14)12-7-9-18-10-8-12/h3-7,11,18H,8-10H2,1-2H3. The van der Waals surface area contributed by atoms with Crippen LogP contribution in [0.2, 0.25) is 0 Å². The van der Waals surface area contributed by atoms with Gasteiger partial charge >= 0.3 is 0 Å². The zero-order valence-electron chi connectivity index (χ0n) is 13.2. The van der Waals surface area contributed by atoms with Crippen molar-refractivity contribution in [3.05, 3.63) is 42.0 Å². The van der Waals surface area contributed by atoms with Crippen LogP contribution in [0.25, 0.3) is 5.57 Å². The van der Waals surface area contributed by atoms with Crippen molar-refractivity contribution in [3.8, 4) is 11.8 Å². The molecular formula is C17H19N3O2S. The summed E-state index contributed by atoms with van der Waals surface area (Å²) in [6.45, 7) is 1.92. The van der Waals surface area contributed by atoms with Gasteiger partial charge < -0.3 is 14.8 Å². The van der Waals surface area contributed by atoms with Gasteiger partial charge in [-0.25, -0.2) is 0 Å². The van der Waals surface area contributed by atoms with Crippen molar-refractivity contribution < 1.29 is 9.47 Å². The van der Waals surface area contributed by atoms with Crippen LogP contribution in [-0.4, -0.2) is 37.3 Å². The van der Waals surface area contributed by atoms with Gasteiger partial charge in [-0.05, 0) is 41.9 Å². The number of hydrogen-bond donors (Lipinski definition) is 1. The average molecular weight is 329 g/mol. The minimum Gasteiger partial charge on any atom is -0.481 e. The quantitative estimate of drug-likeness (QED) is 0.851. The summed E-state index contributed by atoms with van der Waals surface area (Å²) in [4.78, 5) is 9.93. The Kier molecular flexibility index (Phi) is 5.15. The Morgan fingerprint density at radius 3 is 2.48 bits per heavy atom. The first-order valence-corrected chi connectivity index (χ1v) is 8.26. The van der Waals surface area contributed by atoms with E-state index in [2.05, 4.69) is 39.6 Å². The van der Waals surface area contributed by atoms with Gasteiger partial charge in [0.05, 0.1) is 20.3 Å². The van der Waals surface area contributed by atoms with E-state index < -0.39 is 0 Å². The van der Waals surface area contributed by atoms with Gasteiger partial charge in [0.15, 0.2) is 5.16 Å². The first-order valence-electron chi connectivity index (χ1n) is 7.44. The summed E-state index contributed by atoms with van der Waals surface area (Å²) in [6, 6.07) is 10.0. The fourth-order valence-corrected chi connectivity index (χ4v) is 3.35. The van der Waals surface area contributed by atoms with Gasteiger partial charge in [-0.3, -0.25) is 0 Å². The zero-order valence-corrected chi connectivity index (χ0v) is 14.0. The summed E-state index contributed by atoms with van der Waals surface area (Å²) < 4.78 is 10.4. The van der Waals surface area contributed by atoms with E-state index in [-0.39, 0.29) is 0 Å². The molecular weight excluding hydrogens is 310 g/mol. The van der Waals surface area contributed by atoms with E-state index in [0.29, 0.717) is 16.9 Å². The minimum atomic E-state index is 0.498. The van der Waals surface area contributed by atoms with Crippen molar-refractivity contribution in [1.82, 2.24) is 15.3 Å². The Bertz CT molecular complexity index is 696. The van der Waals surface area contributed by atoms with Crippen molar-refractivity contribution in [3.63, 3.8) is 0 Å². The van der Waals surface area contributed by atoms with Crippen LogP contribution in [0.5, 0.6) is 11.8 Å². The highest BCUT2D eigenvalue weighted by molar-refractivity contribution is 7.99. The molecule has 0 aliphatic carbocycles. The van der Waals surface area contributed by atoms with Crippen LogP contribution in [0.4, 0.5) is 0 Å². The lowest BCUT2D eigenvalue weighted by Crippen LogP contribution is -2.20. The number of nitrogens with one attached hydrogen (secondary N) is 1. The highest BCUT2D eigenvalue weighted by Crippen LogP contribution is 2.34. The maximum atomic E-state index is 5.22. The lowest BCUT2D eigenvalue weighted by atomic mass is 10.0. The van der Waals surface area contributed by atoms with Crippen LogP contribution in [0.15, 0.2) is 46.5 Å². The summed E-state index contributed by atoms with van der Waals surface area (Å²) >= 11 is 1.52. The van der Waals surface area contributed by atoms with Gasteiger partial charge in [0, 0.05) is 11.4 Å². The molecule has 120 valence electrons. The molecule has 2 aromatic rings. The van der Waals surface area contributed by atoms with Crippen molar-refractivity contribution in [2.45, 2.75) is 16.5 Å². The monoisotopic (exact) mass is 329 g/mol. The lowest BCUT2D eigenvalue weighted by molar-refractivity contribution is 0.364. The van der Waals surface area contributed by atoms with Crippen molar-refractivity contribution >= 4 is 17.3 Å². The highest BCUT2D eigenvalue weighted by Gasteiger charge is 2.13. The predicted octanol–water partition coefficient (Wildman–Crippen LogP) is 3.02. The molecule has 0 bridgehead atoms. The number of aromatic nitrogens is 2. The molecule has 2 heterocycles. The summed E-state index contributed by atoms with van der Waals surface area (Å²) in [7, 11) is 3.17. The molecule has 0 fully saturated rings. The Balaban J connectivity index is 1.93. The fraction of sp³-hybridized carbons (Fsp3) is 0.294. The molecule has 0 radical (unpaired) electrons. The maximum Gasteiger partial charge on any atom is 0.220 e. The molecule has 1 aliphatic rings. The smallest absolute Gasteiger partial charge is 0.220 e. The molecule has 3 rings (SSSR count). The lowest BCUT2D eigenvalue weighted by Gasteiger charge is -2.17. The number of ether oxygens (including phenoxy) is 2. The third-order valence-electron chi connectivity index (χ3n) is 3.58. The van der Waals surface area contributed by atoms with Gasteiger partial charge in [-0.15, -0.1) is 0 Å². The number of nitrogens with zero attached hydrogens (tertiary/aromatic N) is 2. The topological polar surface area (TPSA) is 56.3 Å². The molecule has 0 saturated carbocycles. The largest absolute Gasteiger partial charge is 0.481 e. The van der Waals surface area contributed by atoms with E-state index >= 15 is 0 Å². The molecule has 0 amide bonds. The van der Waals surface area contributed by atoms with E-state index in [0.717, 1.165) is 24.4 Å². The highest BCUT2D eigenvalue weighted by atomic mass is 32.2. The minimum absolute atomic E-state index is 0.498. The van der Waals surface area contributed by atoms with Crippen LogP contribution in [0, 0.1) is 0 Å². The Morgan fingerprint density at radius 1 is 1.09 bits per heavy atom. The van der Waals surface area contributed by atoms with Gasteiger partial charge in [0.25, 0.3) is 0 Å². The SMILES string of the molecule is COc1cc(OC)nc(Sc2ccccc2C2=CCNCC2)n1. The Labute approximate surface area is 140 Å². The molecule has 23 heavy (non-hydrogen) atoms. The second-order valence-corrected chi connectivity index (χ2v) is 6.03. The molecule has 1 aromatic heterocycles. The van der Waals surface area contributed by atoms with Crippen LogP contribution >= 0.6 is 11.8 Å². The van der Waals surface area contributed by atoms with E-state index in [1.807, 2.05) is 6.07 Å². The first-order chi connectivity index (χ1) is 11.3. The van der Waals surface area contributed by atoms with Gasteiger partial charge in [0.2, 0.25) is 11.8 Å². The second-order valence-electron chi connectivity index (χ2n) is 5.02. The summed E-state index contributed by atoms with van der Waals surface area (Å²) in [5.74, 6) is 0.996. The van der Waals surface area contributed by atoms with Crippen molar-refractivity contribution in [1.29, 1.82) is 0 Å². The van der Waals surface area contributed by atoms with Crippen LogP contribution in [0.3, 0.4) is 0 Å². The number of methoxy groups -OCH3 is 2. The van der Waals surface area contributed by atoms with Gasteiger partial charge in [-0.2, -0.15) is 9.97 Å². The Hall–Kier alpha value is -2.05. The van der Waals surface area contributed by atoms with Crippen molar-refractivity contribution in [2.75, 3.05) is 27.3 Å². The number of hydrogen-bond acceptors (Lipinski definition) is 6. The molecule has 1 aliphatic heterocycles. The normalized spacial score (nSPS) is 14.3. The van der Waals surface area contributed by atoms with E-state index in [4.69, 9.17) is 9.47 Å². The summed E-state index contributed by atoms with van der Waals surface area (Å²) in [5, 5.41) is 3.96. The third-order valence-corrected chi connectivity index (χ3v) is 4.52. The van der Waals surface area contributed by atoms with E-state index in [9.17, 15) is 0 Å². The summed E-state index contributed by atoms with van der Waals surface area (Å²) in [5.41, 5.74) is 2.60. The predicted molar refractivity (Wildman–Crippen MR) is 91.2 cm³/mol. The zero-order chi connectivity index (χ0) is 16.1. The number of rotatable bonds is 5. The molecule has 6 heteroatoms. The fourth-order valence-electron chi connectivity index (χ4n) is 2.42. The second kappa shape index (κ2) is 7.48. The van der Waals surface area contributed by atoms with Crippen LogP contribution < -0.4 is 14.8 Å². The Morgan fingerprint density at radius 2 is 1.83 bits per heavy atom. The molecule has 0 unspecified atom stereocenters. The molecule has 0 spiro atoms. The number of benzene rings is 1. The molecule has 1 N–H and O–H groups in total. The molecule has 0 atom stereocenters.